The number of aromatic nitrogens is 2. The Hall–Kier alpha value is -1.37. The van der Waals surface area contributed by atoms with Crippen LogP contribution in [0.4, 0.5) is 0 Å². The maximum absolute atomic E-state index is 12.4. The van der Waals surface area contributed by atoms with E-state index in [1.54, 1.807) is 32.2 Å². The highest BCUT2D eigenvalue weighted by Gasteiger charge is 2.17. The molecule has 0 bridgehead atoms. The molecule has 0 saturated carbocycles. The predicted molar refractivity (Wildman–Crippen MR) is 87.7 cm³/mol. The molecule has 0 atom stereocenters. The Morgan fingerprint density at radius 1 is 1.23 bits per heavy atom. The number of nitrogens with one attached hydrogen (secondary N) is 1. The molecule has 7 heteroatoms. The van der Waals surface area contributed by atoms with Gasteiger partial charge in [0.1, 0.15) is 0 Å². The molecule has 1 aromatic carbocycles. The minimum atomic E-state index is -3.52. The Kier molecular flexibility index (Phi) is 5.26. The van der Waals surface area contributed by atoms with Crippen LogP contribution in [0.1, 0.15) is 23.2 Å². The van der Waals surface area contributed by atoms with Gasteiger partial charge in [0, 0.05) is 30.0 Å². The Labute approximate surface area is 136 Å². The fourth-order valence-electron chi connectivity index (χ4n) is 2.19. The van der Waals surface area contributed by atoms with Crippen molar-refractivity contribution in [1.29, 1.82) is 0 Å². The molecule has 0 fully saturated rings. The number of nitrogens with zero attached hydrogens (tertiary/aromatic N) is 2. The SMILES string of the molecule is Cc1cc(S(=O)(=O)NCCCn2nccc2C)c(C)cc1Cl. The first-order chi connectivity index (χ1) is 10.3. The average Bonchev–Trinajstić information content (AvgIpc) is 2.84. The summed E-state index contributed by atoms with van der Waals surface area (Å²) in [4.78, 5) is 0.282. The Morgan fingerprint density at radius 2 is 1.95 bits per heavy atom. The van der Waals surface area contributed by atoms with E-state index in [-0.39, 0.29) is 4.90 Å². The van der Waals surface area contributed by atoms with Crippen LogP contribution in [0.5, 0.6) is 0 Å². The summed E-state index contributed by atoms with van der Waals surface area (Å²) in [5.74, 6) is 0. The van der Waals surface area contributed by atoms with Gasteiger partial charge in [-0.3, -0.25) is 4.68 Å². The van der Waals surface area contributed by atoms with Gasteiger partial charge in [-0.2, -0.15) is 5.10 Å². The fourth-order valence-corrected chi connectivity index (χ4v) is 3.79. The monoisotopic (exact) mass is 341 g/mol. The van der Waals surface area contributed by atoms with Crippen molar-refractivity contribution in [1.82, 2.24) is 14.5 Å². The lowest BCUT2D eigenvalue weighted by Gasteiger charge is -2.11. The molecule has 0 unspecified atom stereocenters. The highest BCUT2D eigenvalue weighted by Crippen LogP contribution is 2.23. The molecule has 0 aliphatic rings. The van der Waals surface area contributed by atoms with E-state index in [0.29, 0.717) is 30.1 Å². The van der Waals surface area contributed by atoms with E-state index < -0.39 is 10.0 Å². The Morgan fingerprint density at radius 3 is 2.59 bits per heavy atom. The minimum Gasteiger partial charge on any atom is -0.270 e. The van der Waals surface area contributed by atoms with Crippen molar-refractivity contribution in [2.45, 2.75) is 38.6 Å². The Bertz CT molecular complexity index is 769. The van der Waals surface area contributed by atoms with Gasteiger partial charge in [0.2, 0.25) is 10.0 Å². The third-order valence-electron chi connectivity index (χ3n) is 3.51. The predicted octanol–water partition coefficient (Wildman–Crippen LogP) is 2.83. The normalized spacial score (nSPS) is 11.8. The molecular formula is C15H20ClN3O2S. The molecule has 0 aliphatic carbocycles. The molecular weight excluding hydrogens is 322 g/mol. The van der Waals surface area contributed by atoms with E-state index in [1.165, 1.54) is 0 Å². The van der Waals surface area contributed by atoms with Crippen LogP contribution in [-0.4, -0.2) is 24.7 Å². The van der Waals surface area contributed by atoms with Crippen LogP contribution in [0.2, 0.25) is 5.02 Å². The lowest BCUT2D eigenvalue weighted by molar-refractivity contribution is 0.546. The lowest BCUT2D eigenvalue weighted by Crippen LogP contribution is -2.26. The number of benzene rings is 1. The van der Waals surface area contributed by atoms with Crippen molar-refractivity contribution in [2.24, 2.45) is 0 Å². The minimum absolute atomic E-state index is 0.282. The van der Waals surface area contributed by atoms with Gasteiger partial charge >= 0.3 is 0 Å². The highest BCUT2D eigenvalue weighted by atomic mass is 35.5. The second-order valence-corrected chi connectivity index (χ2v) is 7.46. The number of hydrogen-bond acceptors (Lipinski definition) is 3. The molecule has 120 valence electrons. The lowest BCUT2D eigenvalue weighted by atomic mass is 10.2. The first-order valence-corrected chi connectivity index (χ1v) is 8.92. The van der Waals surface area contributed by atoms with Crippen LogP contribution < -0.4 is 4.72 Å². The first-order valence-electron chi connectivity index (χ1n) is 7.06. The summed E-state index contributed by atoms with van der Waals surface area (Å²) in [6, 6.07) is 5.21. The van der Waals surface area contributed by atoms with E-state index >= 15 is 0 Å². The zero-order chi connectivity index (χ0) is 16.3. The van der Waals surface area contributed by atoms with Crippen molar-refractivity contribution in [3.05, 3.63) is 46.2 Å². The summed E-state index contributed by atoms with van der Waals surface area (Å²) < 4.78 is 29.2. The van der Waals surface area contributed by atoms with Gasteiger partial charge in [-0.05, 0) is 56.5 Å². The molecule has 5 nitrogen and oxygen atoms in total. The van der Waals surface area contributed by atoms with E-state index in [0.717, 1.165) is 11.3 Å². The van der Waals surface area contributed by atoms with Crippen molar-refractivity contribution >= 4 is 21.6 Å². The van der Waals surface area contributed by atoms with Crippen LogP contribution in [0, 0.1) is 20.8 Å². The van der Waals surface area contributed by atoms with Crippen LogP contribution in [-0.2, 0) is 16.6 Å². The number of rotatable bonds is 6. The summed E-state index contributed by atoms with van der Waals surface area (Å²) in [6.45, 7) is 6.55. The first kappa shape index (κ1) is 17.0. The van der Waals surface area contributed by atoms with Crippen molar-refractivity contribution in [3.63, 3.8) is 0 Å². The molecule has 0 spiro atoms. The third-order valence-corrected chi connectivity index (χ3v) is 5.52. The zero-order valence-electron chi connectivity index (χ0n) is 12.9. The molecule has 0 aliphatic heterocycles. The largest absolute Gasteiger partial charge is 0.270 e. The standard InChI is InChI=1S/C15H20ClN3O2S/c1-11-10-15(12(2)9-14(11)16)22(20,21)18-6-4-8-19-13(3)5-7-17-19/h5,7,9-10,18H,4,6,8H2,1-3H3. The van der Waals surface area contributed by atoms with Crippen molar-refractivity contribution < 1.29 is 8.42 Å². The molecule has 0 saturated heterocycles. The molecule has 2 rings (SSSR count). The summed E-state index contributed by atoms with van der Waals surface area (Å²) in [6.07, 6.45) is 2.41. The summed E-state index contributed by atoms with van der Waals surface area (Å²) in [7, 11) is -3.52. The van der Waals surface area contributed by atoms with Crippen molar-refractivity contribution in [2.75, 3.05) is 6.54 Å². The molecule has 22 heavy (non-hydrogen) atoms. The maximum atomic E-state index is 12.4. The van der Waals surface area contributed by atoms with Gasteiger partial charge in [0.05, 0.1) is 4.90 Å². The van der Waals surface area contributed by atoms with Gasteiger partial charge in [0.15, 0.2) is 0 Å². The summed E-state index contributed by atoms with van der Waals surface area (Å²) in [5.41, 5.74) is 2.46. The number of aryl methyl sites for hydroxylation is 4. The van der Waals surface area contributed by atoms with E-state index in [2.05, 4.69) is 9.82 Å². The van der Waals surface area contributed by atoms with E-state index in [9.17, 15) is 8.42 Å². The summed E-state index contributed by atoms with van der Waals surface area (Å²) >= 11 is 6.01. The smallest absolute Gasteiger partial charge is 0.240 e. The second-order valence-electron chi connectivity index (χ2n) is 5.31. The molecule has 0 amide bonds. The molecule has 1 aromatic heterocycles. The van der Waals surface area contributed by atoms with Gasteiger partial charge < -0.3 is 0 Å². The van der Waals surface area contributed by atoms with Gasteiger partial charge in [-0.25, -0.2) is 13.1 Å². The molecule has 0 radical (unpaired) electrons. The van der Waals surface area contributed by atoms with Crippen molar-refractivity contribution in [3.8, 4) is 0 Å². The van der Waals surface area contributed by atoms with Crippen LogP contribution >= 0.6 is 11.6 Å². The number of hydrogen-bond donors (Lipinski definition) is 1. The van der Waals surface area contributed by atoms with Crippen LogP contribution in [0.15, 0.2) is 29.3 Å². The van der Waals surface area contributed by atoms with Crippen LogP contribution in [0.3, 0.4) is 0 Å². The average molecular weight is 342 g/mol. The zero-order valence-corrected chi connectivity index (χ0v) is 14.5. The number of sulfonamides is 1. The van der Waals surface area contributed by atoms with Gasteiger partial charge in [0.25, 0.3) is 0 Å². The van der Waals surface area contributed by atoms with Gasteiger partial charge in [-0.15, -0.1) is 0 Å². The molecule has 2 aromatic rings. The topological polar surface area (TPSA) is 64.0 Å². The van der Waals surface area contributed by atoms with E-state index in [1.807, 2.05) is 17.7 Å². The fraction of sp³-hybridized carbons (Fsp3) is 0.400. The second kappa shape index (κ2) is 6.81. The maximum Gasteiger partial charge on any atom is 0.240 e. The Balaban J connectivity index is 2.00. The number of halogens is 1. The quantitative estimate of drug-likeness (QED) is 0.822. The van der Waals surface area contributed by atoms with E-state index in [4.69, 9.17) is 11.6 Å². The van der Waals surface area contributed by atoms with Crippen LogP contribution in [0.25, 0.3) is 0 Å². The summed E-state index contributed by atoms with van der Waals surface area (Å²) in [5, 5.41) is 4.74. The molecule has 1 heterocycles. The van der Waals surface area contributed by atoms with Gasteiger partial charge in [-0.1, -0.05) is 11.6 Å². The third kappa shape index (κ3) is 3.88. The molecule has 1 N–H and O–H groups in total. The highest BCUT2D eigenvalue weighted by molar-refractivity contribution is 7.89.